The summed E-state index contributed by atoms with van der Waals surface area (Å²) in [5.74, 6) is 0.162. The summed E-state index contributed by atoms with van der Waals surface area (Å²) >= 11 is 0. The minimum absolute atomic E-state index is 0.209. The molecule has 7 nitrogen and oxygen atoms in total. The summed E-state index contributed by atoms with van der Waals surface area (Å²) in [7, 11) is 0. The number of hydrogen-bond donors (Lipinski definition) is 2. The lowest BCUT2D eigenvalue weighted by molar-refractivity contribution is -0.119. The van der Waals surface area contributed by atoms with E-state index in [1.165, 1.54) is 6.92 Å². The molecule has 0 bridgehead atoms. The number of aromatic amines is 1. The highest BCUT2D eigenvalue weighted by atomic mass is 16.1. The van der Waals surface area contributed by atoms with Gasteiger partial charge in [0.25, 0.3) is 5.56 Å². The Labute approximate surface area is 115 Å². The van der Waals surface area contributed by atoms with E-state index in [0.717, 1.165) is 5.56 Å². The van der Waals surface area contributed by atoms with Crippen LogP contribution in [0, 0.1) is 0 Å². The second-order valence-electron chi connectivity index (χ2n) is 4.29. The average molecular weight is 273 g/mol. The predicted molar refractivity (Wildman–Crippen MR) is 72.7 cm³/mol. The predicted octanol–water partition coefficient (Wildman–Crippen LogP) is 0.814. The van der Waals surface area contributed by atoms with Crippen LogP contribution in [-0.2, 0) is 4.79 Å². The van der Waals surface area contributed by atoms with Gasteiger partial charge in [-0.05, 0) is 18.6 Å². The van der Waals surface area contributed by atoms with Gasteiger partial charge in [0.2, 0.25) is 5.91 Å². The molecule has 2 aromatic heterocycles. The zero-order chi connectivity index (χ0) is 14.5. The second-order valence-corrected chi connectivity index (χ2v) is 4.29. The summed E-state index contributed by atoms with van der Waals surface area (Å²) in [4.78, 5) is 29.7. The Morgan fingerprint density at radius 1 is 1.35 bits per heavy atom. The van der Waals surface area contributed by atoms with Gasteiger partial charge in [-0.25, -0.2) is 0 Å². The van der Waals surface area contributed by atoms with Crippen molar-refractivity contribution in [2.75, 3.05) is 0 Å². The quantitative estimate of drug-likeness (QED) is 0.858. The minimum Gasteiger partial charge on any atom is -0.348 e. The molecule has 2 N–H and O–H groups in total. The van der Waals surface area contributed by atoms with E-state index >= 15 is 0 Å². The van der Waals surface area contributed by atoms with E-state index in [0.29, 0.717) is 12.2 Å². The fourth-order valence-corrected chi connectivity index (χ4v) is 1.82. The van der Waals surface area contributed by atoms with Gasteiger partial charge in [0.1, 0.15) is 0 Å². The lowest BCUT2D eigenvalue weighted by Crippen LogP contribution is -2.32. The van der Waals surface area contributed by atoms with Crippen molar-refractivity contribution >= 4 is 5.91 Å². The lowest BCUT2D eigenvalue weighted by atomic mass is 10.1. The first-order valence-electron chi connectivity index (χ1n) is 6.26. The molecule has 0 spiro atoms. The Morgan fingerprint density at radius 2 is 2.05 bits per heavy atom. The molecule has 0 aliphatic heterocycles. The molecule has 2 heterocycles. The molecular formula is C13H15N5O2. The number of carbonyl (C=O) groups excluding carboxylic acids is 1. The van der Waals surface area contributed by atoms with Crippen LogP contribution in [0.15, 0.2) is 29.3 Å². The Hall–Kier alpha value is -2.57. The number of rotatable bonds is 4. The van der Waals surface area contributed by atoms with Crippen LogP contribution in [0.2, 0.25) is 0 Å². The van der Waals surface area contributed by atoms with E-state index in [-0.39, 0.29) is 17.2 Å². The normalized spacial score (nSPS) is 11.9. The Kier molecular flexibility index (Phi) is 4.19. The van der Waals surface area contributed by atoms with Crippen molar-refractivity contribution in [2.45, 2.75) is 26.3 Å². The topological polar surface area (TPSA) is 101 Å². The molecule has 0 saturated heterocycles. The van der Waals surface area contributed by atoms with Crippen molar-refractivity contribution in [3.63, 3.8) is 0 Å². The smallest absolute Gasteiger partial charge is 0.275 e. The Balaban J connectivity index is 2.35. The summed E-state index contributed by atoms with van der Waals surface area (Å²) in [6.45, 7) is 3.26. The van der Waals surface area contributed by atoms with Crippen LogP contribution in [0.25, 0.3) is 11.4 Å². The zero-order valence-electron chi connectivity index (χ0n) is 11.3. The largest absolute Gasteiger partial charge is 0.348 e. The van der Waals surface area contributed by atoms with Crippen LogP contribution in [0.1, 0.15) is 32.0 Å². The molecule has 1 amide bonds. The van der Waals surface area contributed by atoms with Gasteiger partial charge in [-0.3, -0.25) is 14.6 Å². The fraction of sp³-hybridized carbons (Fsp3) is 0.308. The van der Waals surface area contributed by atoms with E-state index in [4.69, 9.17) is 0 Å². The number of pyridine rings is 1. The maximum Gasteiger partial charge on any atom is 0.275 e. The van der Waals surface area contributed by atoms with Gasteiger partial charge in [-0.1, -0.05) is 6.92 Å². The molecular weight excluding hydrogens is 258 g/mol. The number of nitrogens with zero attached hydrogens (tertiary/aromatic N) is 3. The van der Waals surface area contributed by atoms with Gasteiger partial charge in [0, 0.05) is 24.9 Å². The molecule has 0 aliphatic carbocycles. The number of amides is 1. The van der Waals surface area contributed by atoms with Crippen LogP contribution in [-0.4, -0.2) is 26.1 Å². The van der Waals surface area contributed by atoms with E-state index in [1.807, 2.05) is 6.92 Å². The third-order valence-corrected chi connectivity index (χ3v) is 2.79. The first kappa shape index (κ1) is 13.9. The SMILES string of the molecule is CCC(NC(C)=O)c1nnc(-c2ccncc2)[nH]c1=O. The zero-order valence-corrected chi connectivity index (χ0v) is 11.3. The molecule has 2 rings (SSSR count). The molecule has 0 aromatic carbocycles. The van der Waals surface area contributed by atoms with E-state index < -0.39 is 6.04 Å². The van der Waals surface area contributed by atoms with E-state index in [1.54, 1.807) is 24.5 Å². The van der Waals surface area contributed by atoms with Crippen molar-refractivity contribution in [1.82, 2.24) is 25.5 Å². The molecule has 0 fully saturated rings. The molecule has 0 radical (unpaired) electrons. The van der Waals surface area contributed by atoms with Crippen LogP contribution in [0.3, 0.4) is 0 Å². The number of nitrogens with one attached hydrogen (secondary N) is 2. The van der Waals surface area contributed by atoms with Gasteiger partial charge in [0.15, 0.2) is 11.5 Å². The third kappa shape index (κ3) is 3.05. The van der Waals surface area contributed by atoms with Gasteiger partial charge in [-0.2, -0.15) is 0 Å². The van der Waals surface area contributed by atoms with Crippen molar-refractivity contribution < 1.29 is 4.79 Å². The summed E-state index contributed by atoms with van der Waals surface area (Å²) in [6.07, 6.45) is 3.77. The van der Waals surface area contributed by atoms with Crippen LogP contribution in [0.4, 0.5) is 0 Å². The summed E-state index contributed by atoms with van der Waals surface area (Å²) in [6, 6.07) is 3.02. The molecule has 20 heavy (non-hydrogen) atoms. The molecule has 0 saturated carbocycles. The Bertz CT molecular complexity index is 653. The maximum absolute atomic E-state index is 12.1. The molecule has 1 unspecified atom stereocenters. The Morgan fingerprint density at radius 3 is 2.60 bits per heavy atom. The highest BCUT2D eigenvalue weighted by Gasteiger charge is 2.17. The second kappa shape index (κ2) is 6.05. The van der Waals surface area contributed by atoms with E-state index in [2.05, 4.69) is 25.5 Å². The van der Waals surface area contributed by atoms with Gasteiger partial charge >= 0.3 is 0 Å². The van der Waals surface area contributed by atoms with Crippen LogP contribution >= 0.6 is 0 Å². The number of hydrogen-bond acceptors (Lipinski definition) is 5. The first-order chi connectivity index (χ1) is 9.61. The number of aromatic nitrogens is 4. The van der Waals surface area contributed by atoms with Crippen molar-refractivity contribution in [1.29, 1.82) is 0 Å². The molecule has 0 aliphatic rings. The van der Waals surface area contributed by atoms with Gasteiger partial charge < -0.3 is 10.3 Å². The lowest BCUT2D eigenvalue weighted by Gasteiger charge is -2.13. The van der Waals surface area contributed by atoms with Crippen LogP contribution < -0.4 is 10.9 Å². The summed E-state index contributed by atoms with van der Waals surface area (Å²) in [5.41, 5.74) is 0.580. The van der Waals surface area contributed by atoms with Crippen molar-refractivity contribution in [2.24, 2.45) is 0 Å². The first-order valence-corrected chi connectivity index (χ1v) is 6.26. The summed E-state index contributed by atoms with van der Waals surface area (Å²) < 4.78 is 0. The monoisotopic (exact) mass is 273 g/mol. The fourth-order valence-electron chi connectivity index (χ4n) is 1.82. The minimum atomic E-state index is -0.435. The highest BCUT2D eigenvalue weighted by molar-refractivity contribution is 5.73. The molecule has 104 valence electrons. The maximum atomic E-state index is 12.1. The highest BCUT2D eigenvalue weighted by Crippen LogP contribution is 2.13. The van der Waals surface area contributed by atoms with Crippen molar-refractivity contribution in [3.8, 4) is 11.4 Å². The van der Waals surface area contributed by atoms with Gasteiger partial charge in [-0.15, -0.1) is 10.2 Å². The molecule has 7 heteroatoms. The number of carbonyl (C=O) groups is 1. The molecule has 2 aromatic rings. The summed E-state index contributed by atoms with van der Waals surface area (Å²) in [5, 5.41) is 10.6. The average Bonchev–Trinajstić information content (AvgIpc) is 2.45. The standard InChI is InChI=1S/C13H15N5O2/c1-3-10(15-8(2)19)11-13(20)16-12(18-17-11)9-4-6-14-7-5-9/h4-7,10H,3H2,1-2H3,(H,15,19)(H,16,18,20). The van der Waals surface area contributed by atoms with E-state index in [9.17, 15) is 9.59 Å². The van der Waals surface area contributed by atoms with Crippen LogP contribution in [0.5, 0.6) is 0 Å². The van der Waals surface area contributed by atoms with Crippen molar-refractivity contribution in [3.05, 3.63) is 40.6 Å². The number of H-pyrrole nitrogens is 1. The molecule has 1 atom stereocenters. The van der Waals surface area contributed by atoms with Gasteiger partial charge in [0.05, 0.1) is 6.04 Å². The third-order valence-electron chi connectivity index (χ3n) is 2.79.